The van der Waals surface area contributed by atoms with Crippen LogP contribution in [-0.2, 0) is 16.1 Å². The van der Waals surface area contributed by atoms with Crippen molar-refractivity contribution in [1.29, 1.82) is 0 Å². The van der Waals surface area contributed by atoms with Gasteiger partial charge in [0.25, 0.3) is 0 Å². The average molecular weight is 654 g/mol. The fourth-order valence-electron chi connectivity index (χ4n) is 5.70. The summed E-state index contributed by atoms with van der Waals surface area (Å²) in [6.07, 6.45) is -2.04. The molecule has 1 aliphatic carbocycles. The number of hydrogen-bond acceptors (Lipinski definition) is 7. The molecule has 0 N–H and O–H groups in total. The summed E-state index contributed by atoms with van der Waals surface area (Å²) in [5.74, 6) is 0.424. The third-order valence-electron chi connectivity index (χ3n) is 8.17. The van der Waals surface area contributed by atoms with Gasteiger partial charge in [0.05, 0.1) is 36.0 Å². The van der Waals surface area contributed by atoms with Crippen molar-refractivity contribution in [3.8, 4) is 22.8 Å². The van der Waals surface area contributed by atoms with E-state index in [1.54, 1.807) is 24.3 Å². The van der Waals surface area contributed by atoms with E-state index in [9.17, 15) is 18.0 Å². The first-order valence-corrected chi connectivity index (χ1v) is 15.3. The SMILES string of the molecule is CCC1=C(c2cccc(C(=O)OC)c2)CC(c2ccc(OCc3c(-c4ccccc4OC(F)(F)F)noc3C3CC3)cc2Cl)OC1. The van der Waals surface area contributed by atoms with Gasteiger partial charge in [-0.05, 0) is 77.9 Å². The minimum Gasteiger partial charge on any atom is -0.489 e. The Balaban J connectivity index is 1.22. The van der Waals surface area contributed by atoms with Gasteiger partial charge in [-0.1, -0.05) is 54.0 Å². The van der Waals surface area contributed by atoms with Crippen LogP contribution in [0.4, 0.5) is 13.2 Å². The Labute approximate surface area is 268 Å². The second-order valence-electron chi connectivity index (χ2n) is 11.2. The second-order valence-corrected chi connectivity index (χ2v) is 11.6. The van der Waals surface area contributed by atoms with E-state index in [4.69, 9.17) is 30.3 Å². The van der Waals surface area contributed by atoms with Gasteiger partial charge in [-0.25, -0.2) is 4.79 Å². The summed E-state index contributed by atoms with van der Waals surface area (Å²) in [4.78, 5) is 12.2. The standard InChI is InChI=1S/C35H31ClF3NO6/c1-3-20-18-44-31(17-27(20)22-7-6-8-23(15-22)34(41)42-2)25-14-13-24(16-29(25)36)43-19-28-32(40-46-33(28)21-11-12-21)26-9-4-5-10-30(26)45-35(37,38)39/h4-10,13-16,21,31H,3,11-12,17-19H2,1-2H3. The molecular formula is C35H31ClF3NO6. The number of rotatable bonds is 10. The van der Waals surface area contributed by atoms with E-state index < -0.39 is 12.3 Å². The highest BCUT2D eigenvalue weighted by atomic mass is 35.5. The molecule has 0 amide bonds. The lowest BCUT2D eigenvalue weighted by atomic mass is 9.88. The maximum atomic E-state index is 13.1. The van der Waals surface area contributed by atoms with E-state index in [0.29, 0.717) is 40.7 Å². The topological polar surface area (TPSA) is 80.0 Å². The van der Waals surface area contributed by atoms with Crippen molar-refractivity contribution in [1.82, 2.24) is 5.16 Å². The van der Waals surface area contributed by atoms with Crippen LogP contribution in [0.25, 0.3) is 16.8 Å². The van der Waals surface area contributed by atoms with Crippen molar-refractivity contribution in [2.45, 2.75) is 57.6 Å². The number of alkyl halides is 3. The number of para-hydroxylation sites is 1. The number of halogens is 4. The van der Waals surface area contributed by atoms with E-state index in [0.717, 1.165) is 41.5 Å². The number of ether oxygens (including phenoxy) is 4. The molecule has 1 aliphatic heterocycles. The van der Waals surface area contributed by atoms with Crippen LogP contribution >= 0.6 is 11.6 Å². The molecule has 1 atom stereocenters. The molecule has 4 aromatic rings. The van der Waals surface area contributed by atoms with Gasteiger partial charge in [0.1, 0.15) is 29.6 Å². The summed E-state index contributed by atoms with van der Waals surface area (Å²) >= 11 is 6.78. The quantitative estimate of drug-likeness (QED) is 0.158. The minimum absolute atomic E-state index is 0.00387. The molecule has 0 spiro atoms. The van der Waals surface area contributed by atoms with Crippen LogP contribution in [0.1, 0.15) is 77.4 Å². The molecular weight excluding hydrogens is 623 g/mol. The summed E-state index contributed by atoms with van der Waals surface area (Å²) in [6, 6.07) is 18.5. The van der Waals surface area contributed by atoms with Gasteiger partial charge in [0.2, 0.25) is 0 Å². The van der Waals surface area contributed by atoms with Crippen LogP contribution in [0.5, 0.6) is 11.5 Å². The third-order valence-corrected chi connectivity index (χ3v) is 8.50. The van der Waals surface area contributed by atoms with Gasteiger partial charge in [0.15, 0.2) is 0 Å². The van der Waals surface area contributed by atoms with Crippen LogP contribution in [0.2, 0.25) is 5.02 Å². The maximum absolute atomic E-state index is 13.1. The number of esters is 1. The minimum atomic E-state index is -4.86. The number of carbonyl (C=O) groups is 1. The molecule has 2 heterocycles. The molecule has 1 aromatic heterocycles. The predicted octanol–water partition coefficient (Wildman–Crippen LogP) is 9.46. The van der Waals surface area contributed by atoms with Gasteiger partial charge in [-0.3, -0.25) is 0 Å². The molecule has 3 aromatic carbocycles. The lowest BCUT2D eigenvalue weighted by Crippen LogP contribution is -2.17. The Morgan fingerprint density at radius 2 is 1.87 bits per heavy atom. The van der Waals surface area contributed by atoms with E-state index in [1.165, 1.54) is 25.3 Å². The lowest BCUT2D eigenvalue weighted by Gasteiger charge is -2.29. The molecule has 2 aliphatic rings. The van der Waals surface area contributed by atoms with Gasteiger partial charge in [-0.15, -0.1) is 13.2 Å². The molecule has 11 heteroatoms. The summed E-state index contributed by atoms with van der Waals surface area (Å²) < 4.78 is 66.5. The molecule has 0 radical (unpaired) electrons. The average Bonchev–Trinajstić information content (AvgIpc) is 3.81. The van der Waals surface area contributed by atoms with Crippen molar-refractivity contribution >= 4 is 23.1 Å². The highest BCUT2D eigenvalue weighted by Gasteiger charge is 2.36. The van der Waals surface area contributed by atoms with Crippen molar-refractivity contribution in [2.24, 2.45) is 0 Å². The van der Waals surface area contributed by atoms with Crippen LogP contribution in [-0.4, -0.2) is 31.2 Å². The predicted molar refractivity (Wildman–Crippen MR) is 165 cm³/mol. The fourth-order valence-corrected chi connectivity index (χ4v) is 5.99. The molecule has 1 fully saturated rings. The molecule has 240 valence electrons. The number of aromatic nitrogens is 1. The zero-order valence-corrected chi connectivity index (χ0v) is 25.9. The molecule has 6 rings (SSSR count). The normalized spacial score (nSPS) is 16.8. The van der Waals surface area contributed by atoms with Crippen LogP contribution in [0.15, 0.2) is 76.8 Å². The molecule has 7 nitrogen and oxygen atoms in total. The Hall–Kier alpha value is -4.28. The Kier molecular flexibility index (Phi) is 9.11. The Morgan fingerprint density at radius 3 is 2.59 bits per heavy atom. The van der Waals surface area contributed by atoms with Crippen LogP contribution < -0.4 is 9.47 Å². The number of hydrogen-bond donors (Lipinski definition) is 0. The summed E-state index contributed by atoms with van der Waals surface area (Å²) in [5, 5.41) is 4.58. The molecule has 0 saturated heterocycles. The van der Waals surface area contributed by atoms with E-state index in [2.05, 4.69) is 16.8 Å². The first-order chi connectivity index (χ1) is 22.1. The third kappa shape index (κ3) is 6.93. The van der Waals surface area contributed by atoms with Crippen molar-refractivity contribution in [2.75, 3.05) is 13.7 Å². The number of carbonyl (C=O) groups excluding carboxylic acids is 1. The summed E-state index contributed by atoms with van der Waals surface area (Å²) in [5.41, 5.74) is 5.40. The lowest BCUT2D eigenvalue weighted by molar-refractivity contribution is -0.274. The van der Waals surface area contributed by atoms with Gasteiger partial charge < -0.3 is 23.5 Å². The zero-order chi connectivity index (χ0) is 32.4. The smallest absolute Gasteiger partial charge is 0.489 e. The molecule has 1 saturated carbocycles. The van der Waals surface area contributed by atoms with E-state index >= 15 is 0 Å². The maximum Gasteiger partial charge on any atom is 0.573 e. The summed E-state index contributed by atoms with van der Waals surface area (Å²) in [7, 11) is 1.36. The van der Waals surface area contributed by atoms with Gasteiger partial charge >= 0.3 is 12.3 Å². The fraction of sp³-hybridized carbons (Fsp3) is 0.314. The molecule has 0 bridgehead atoms. The summed E-state index contributed by atoms with van der Waals surface area (Å²) in [6.45, 7) is 2.50. The van der Waals surface area contributed by atoms with Crippen LogP contribution in [0.3, 0.4) is 0 Å². The van der Waals surface area contributed by atoms with Crippen LogP contribution in [0, 0.1) is 0 Å². The van der Waals surface area contributed by atoms with Crippen molar-refractivity contribution < 1.29 is 41.4 Å². The van der Waals surface area contributed by atoms with Crippen molar-refractivity contribution in [3.05, 3.63) is 105 Å². The van der Waals surface area contributed by atoms with Crippen molar-refractivity contribution in [3.63, 3.8) is 0 Å². The number of nitrogens with zero attached hydrogens (tertiary/aromatic N) is 1. The largest absolute Gasteiger partial charge is 0.573 e. The monoisotopic (exact) mass is 653 g/mol. The Morgan fingerprint density at radius 1 is 1.07 bits per heavy atom. The number of benzene rings is 3. The molecule has 46 heavy (non-hydrogen) atoms. The van der Waals surface area contributed by atoms with Gasteiger partial charge in [0, 0.05) is 17.9 Å². The number of methoxy groups -OCH3 is 1. The first-order valence-electron chi connectivity index (χ1n) is 14.9. The van der Waals surface area contributed by atoms with E-state index in [-0.39, 0.29) is 35.6 Å². The highest BCUT2D eigenvalue weighted by Crippen LogP contribution is 2.46. The van der Waals surface area contributed by atoms with E-state index in [1.807, 2.05) is 24.3 Å². The highest BCUT2D eigenvalue weighted by molar-refractivity contribution is 6.31. The Bertz CT molecular complexity index is 1780. The second kappa shape index (κ2) is 13.2. The zero-order valence-electron chi connectivity index (χ0n) is 25.2. The first kappa shape index (κ1) is 31.7. The van der Waals surface area contributed by atoms with Gasteiger partial charge in [-0.2, -0.15) is 0 Å². The molecule has 1 unspecified atom stereocenters.